The molecule has 1 aliphatic heterocycles. The summed E-state index contributed by atoms with van der Waals surface area (Å²) in [7, 11) is -0.801. The fraction of sp³-hybridized carbons (Fsp3) is 0.464. The van der Waals surface area contributed by atoms with Crippen molar-refractivity contribution in [1.82, 2.24) is 19.6 Å². The van der Waals surface area contributed by atoms with Crippen molar-refractivity contribution in [2.45, 2.75) is 57.3 Å². The molecule has 5 rings (SSSR count). The number of likely N-dealkylation sites (N-methyl/N-ethyl adjacent to an activating group) is 1. The Morgan fingerprint density at radius 1 is 1.27 bits per heavy atom. The van der Waals surface area contributed by atoms with Crippen molar-refractivity contribution in [3.05, 3.63) is 47.2 Å². The van der Waals surface area contributed by atoms with Gasteiger partial charge in [-0.2, -0.15) is 0 Å². The normalized spacial score (nSPS) is 16.5. The predicted octanol–water partition coefficient (Wildman–Crippen LogP) is 3.71. The molecular formula is C28H36N6O5S2. The number of amides is 1. The van der Waals surface area contributed by atoms with Gasteiger partial charge in [-0.15, -0.1) is 0 Å². The monoisotopic (exact) mass is 600 g/mol. The molecule has 41 heavy (non-hydrogen) atoms. The molecule has 0 saturated heterocycles. The zero-order chi connectivity index (χ0) is 29.5. The van der Waals surface area contributed by atoms with Crippen LogP contribution in [0, 0.1) is 12.8 Å². The first-order valence-corrected chi connectivity index (χ1v) is 16.0. The highest BCUT2D eigenvalue weighted by atomic mass is 32.2. The van der Waals surface area contributed by atoms with Crippen molar-refractivity contribution in [2.24, 2.45) is 5.92 Å². The summed E-state index contributed by atoms with van der Waals surface area (Å²) in [6.07, 6.45) is 1.34. The number of aromatic nitrogens is 2. The first-order chi connectivity index (χ1) is 19.5. The molecule has 1 saturated carbocycles. The molecule has 1 aliphatic carbocycles. The van der Waals surface area contributed by atoms with Gasteiger partial charge in [0.2, 0.25) is 10.0 Å². The molecule has 1 amide bonds. The van der Waals surface area contributed by atoms with Gasteiger partial charge >= 0.3 is 0 Å². The van der Waals surface area contributed by atoms with E-state index in [1.165, 1.54) is 18.4 Å². The highest BCUT2D eigenvalue weighted by Gasteiger charge is 2.41. The van der Waals surface area contributed by atoms with Gasteiger partial charge < -0.3 is 25.0 Å². The third-order valence-corrected chi connectivity index (χ3v) is 10.2. The molecule has 2 aliphatic rings. The smallest absolute Gasteiger partial charge is 0.256 e. The molecule has 1 unspecified atom stereocenters. The summed E-state index contributed by atoms with van der Waals surface area (Å²) < 4.78 is 33.9. The third kappa shape index (κ3) is 5.95. The molecule has 1 fully saturated rings. The Hall–Kier alpha value is -3.10. The number of pyridine rings is 1. The lowest BCUT2D eigenvalue weighted by molar-refractivity contribution is 0.0431. The van der Waals surface area contributed by atoms with Crippen molar-refractivity contribution in [3.63, 3.8) is 0 Å². The Morgan fingerprint density at radius 2 is 2.02 bits per heavy atom. The number of hydrogen-bond donors (Lipinski definition) is 3. The average molecular weight is 601 g/mol. The van der Waals surface area contributed by atoms with E-state index in [9.17, 15) is 18.3 Å². The predicted molar refractivity (Wildman–Crippen MR) is 159 cm³/mol. The number of aryl methyl sites for hydroxylation is 1. The number of ether oxygens (including phenoxy) is 1. The molecule has 3 N–H and O–H groups in total. The van der Waals surface area contributed by atoms with E-state index in [0.29, 0.717) is 47.0 Å². The second-order valence-electron chi connectivity index (χ2n) is 10.4. The molecule has 2 atom stereocenters. The molecule has 1 aromatic carbocycles. The number of aliphatic hydroxyl groups excluding tert-OH is 1. The van der Waals surface area contributed by atoms with Crippen LogP contribution in [0.15, 0.2) is 35.2 Å². The summed E-state index contributed by atoms with van der Waals surface area (Å²) in [5.41, 5.74) is 2.37. The highest BCUT2D eigenvalue weighted by Crippen LogP contribution is 2.42. The van der Waals surface area contributed by atoms with Crippen LogP contribution >= 0.6 is 11.3 Å². The average Bonchev–Trinajstić information content (AvgIpc) is 3.68. The number of fused-ring (bicyclic) bond motifs is 1. The first-order valence-electron chi connectivity index (χ1n) is 13.7. The second kappa shape index (κ2) is 11.6. The summed E-state index contributed by atoms with van der Waals surface area (Å²) in [4.78, 5) is 26.9. The van der Waals surface area contributed by atoms with Crippen LogP contribution in [0.2, 0.25) is 0 Å². The zero-order valence-corrected chi connectivity index (χ0v) is 25.5. The summed E-state index contributed by atoms with van der Waals surface area (Å²) in [5.74, 6) is 1.34. The van der Waals surface area contributed by atoms with Gasteiger partial charge in [0.25, 0.3) is 5.91 Å². The van der Waals surface area contributed by atoms with Crippen molar-refractivity contribution in [3.8, 4) is 10.4 Å². The van der Waals surface area contributed by atoms with Crippen LogP contribution in [0.25, 0.3) is 10.4 Å². The van der Waals surface area contributed by atoms with E-state index in [4.69, 9.17) is 4.74 Å². The number of carbonyl (C=O) groups excluding carboxylic acids is 1. The number of thiazole rings is 1. The van der Waals surface area contributed by atoms with Gasteiger partial charge in [0.05, 0.1) is 27.6 Å². The van der Waals surface area contributed by atoms with Crippen LogP contribution in [-0.2, 0) is 21.3 Å². The lowest BCUT2D eigenvalue weighted by atomic mass is 10.0. The minimum Gasteiger partial charge on any atom is -0.377 e. The van der Waals surface area contributed by atoms with E-state index in [-0.39, 0.29) is 29.0 Å². The van der Waals surface area contributed by atoms with E-state index < -0.39 is 16.3 Å². The molecule has 0 spiro atoms. The van der Waals surface area contributed by atoms with Crippen LogP contribution in [-0.4, -0.2) is 73.9 Å². The highest BCUT2D eigenvalue weighted by molar-refractivity contribution is 7.89. The second-order valence-corrected chi connectivity index (χ2v) is 13.3. The van der Waals surface area contributed by atoms with Crippen LogP contribution in [0.5, 0.6) is 0 Å². The van der Waals surface area contributed by atoms with Crippen molar-refractivity contribution in [2.75, 3.05) is 37.5 Å². The van der Waals surface area contributed by atoms with Crippen LogP contribution in [0.3, 0.4) is 0 Å². The topological polar surface area (TPSA) is 137 Å². The van der Waals surface area contributed by atoms with Crippen LogP contribution in [0.4, 0.5) is 16.8 Å². The number of aliphatic hydroxyl groups is 1. The molecule has 3 heterocycles. The SMILES string of the molecule is CCOCC(O)N(C)c1cccc(Nc2nc(C)c(-c3cc4c(c(S(=O)(=O)NC)c3)C(=O)N([C@@H](C)C3CC3)C4)s2)n1. The molecule has 2 aromatic heterocycles. The maximum Gasteiger partial charge on any atom is 0.256 e. The van der Waals surface area contributed by atoms with Crippen molar-refractivity contribution < 1.29 is 23.1 Å². The summed E-state index contributed by atoms with van der Waals surface area (Å²) in [6.45, 7) is 6.83. The Balaban J connectivity index is 1.45. The largest absolute Gasteiger partial charge is 0.377 e. The first kappa shape index (κ1) is 29.4. The Bertz CT molecular complexity index is 1560. The number of anilines is 3. The van der Waals surface area contributed by atoms with Gasteiger partial charge in [0, 0.05) is 26.2 Å². The quantitative estimate of drug-likeness (QED) is 0.266. The standard InChI is InChI=1S/C28H36N6O5S2/c1-6-39-15-24(35)33(5)23-9-7-8-22(31-23)32-28-30-16(2)26(40-28)19-12-20-14-34(17(3)18-10-11-18)27(36)25(20)21(13-19)41(37,38)29-4/h7-9,12-13,17-18,24,29,35H,6,10-11,14-15H2,1-5H3,(H,30,31,32)/t17-,24?/m0/s1. The minimum absolute atomic E-state index is 0.00618. The molecule has 0 radical (unpaired) electrons. The Labute approximate surface area is 244 Å². The zero-order valence-electron chi connectivity index (χ0n) is 23.8. The number of nitrogens with zero attached hydrogens (tertiary/aromatic N) is 4. The lowest BCUT2D eigenvalue weighted by Crippen LogP contribution is -2.36. The number of hydrogen-bond acceptors (Lipinski definition) is 10. The van der Waals surface area contributed by atoms with Gasteiger partial charge in [-0.3, -0.25) is 4.79 Å². The fourth-order valence-corrected chi connectivity index (χ4v) is 7.01. The molecule has 3 aromatic rings. The third-order valence-electron chi connectivity index (χ3n) is 7.66. The van der Waals surface area contributed by atoms with E-state index in [0.717, 1.165) is 23.4 Å². The summed E-state index contributed by atoms with van der Waals surface area (Å²) in [5, 5.41) is 14.2. The van der Waals surface area contributed by atoms with Gasteiger partial charge in [-0.05, 0) is 82.0 Å². The molecule has 220 valence electrons. The maximum absolute atomic E-state index is 13.4. The van der Waals surface area contributed by atoms with Gasteiger partial charge in [-0.1, -0.05) is 17.4 Å². The minimum atomic E-state index is -3.89. The summed E-state index contributed by atoms with van der Waals surface area (Å²) >= 11 is 1.38. The van der Waals surface area contributed by atoms with Gasteiger partial charge in [0.15, 0.2) is 11.4 Å². The maximum atomic E-state index is 13.4. The number of nitrogens with one attached hydrogen (secondary N) is 2. The van der Waals surface area contributed by atoms with Crippen molar-refractivity contribution >= 4 is 44.0 Å². The Morgan fingerprint density at radius 3 is 2.71 bits per heavy atom. The molecule has 11 nitrogen and oxygen atoms in total. The number of carbonyl (C=O) groups is 1. The Kier molecular flexibility index (Phi) is 8.35. The van der Waals surface area contributed by atoms with E-state index in [1.54, 1.807) is 35.0 Å². The number of benzene rings is 1. The molecule has 0 bridgehead atoms. The van der Waals surface area contributed by atoms with Gasteiger partial charge in [0.1, 0.15) is 11.6 Å². The molecular weight excluding hydrogens is 564 g/mol. The molecule has 13 heteroatoms. The summed E-state index contributed by atoms with van der Waals surface area (Å²) in [6, 6.07) is 8.98. The van der Waals surface area contributed by atoms with Gasteiger partial charge in [-0.25, -0.2) is 23.1 Å². The lowest BCUT2D eigenvalue weighted by Gasteiger charge is -2.24. The van der Waals surface area contributed by atoms with E-state index in [1.807, 2.05) is 32.9 Å². The van der Waals surface area contributed by atoms with Crippen LogP contribution < -0.4 is 14.9 Å². The number of sulfonamides is 1. The van der Waals surface area contributed by atoms with E-state index >= 15 is 0 Å². The number of rotatable bonds is 12. The van der Waals surface area contributed by atoms with E-state index in [2.05, 4.69) is 20.0 Å². The fourth-order valence-electron chi connectivity index (χ4n) is 5.06. The van der Waals surface area contributed by atoms with Crippen molar-refractivity contribution in [1.29, 1.82) is 0 Å². The van der Waals surface area contributed by atoms with Crippen LogP contribution in [0.1, 0.15) is 48.3 Å².